The number of hydrogen-bond donors (Lipinski definition) is 4. The van der Waals surface area contributed by atoms with Crippen molar-refractivity contribution in [3.05, 3.63) is 47.0 Å². The summed E-state index contributed by atoms with van der Waals surface area (Å²) in [5, 5.41) is 17.4. The maximum absolute atomic E-state index is 13.0. The number of hydrogen-bond acceptors (Lipinski definition) is 6. The summed E-state index contributed by atoms with van der Waals surface area (Å²) >= 11 is 0. The maximum atomic E-state index is 13.0. The molecule has 11 heteroatoms. The molecule has 9 nitrogen and oxygen atoms in total. The fraction of sp³-hybridized carbons (Fsp3) is 0.278. The van der Waals surface area contributed by atoms with Crippen molar-refractivity contribution >= 4 is 37.4 Å². The molecule has 0 saturated carbocycles. The van der Waals surface area contributed by atoms with Gasteiger partial charge in [0.25, 0.3) is 10.0 Å². The third-order valence-corrected chi connectivity index (χ3v) is 6.69. The summed E-state index contributed by atoms with van der Waals surface area (Å²) in [7, 11) is -8.28. The number of aryl methyl sites for hydroxylation is 1. The van der Waals surface area contributed by atoms with Crippen molar-refractivity contribution in [3.63, 3.8) is 0 Å². The Labute approximate surface area is 170 Å². The zero-order valence-corrected chi connectivity index (χ0v) is 17.8. The van der Waals surface area contributed by atoms with Gasteiger partial charge in [-0.05, 0) is 61.7 Å². The van der Waals surface area contributed by atoms with E-state index in [9.17, 15) is 26.7 Å². The number of anilines is 2. The highest BCUT2D eigenvalue weighted by molar-refractivity contribution is 7.92. The second-order valence-corrected chi connectivity index (χ2v) is 9.72. The number of rotatable bonds is 8. The summed E-state index contributed by atoms with van der Waals surface area (Å²) in [6, 6.07) is 6.25. The van der Waals surface area contributed by atoms with Gasteiger partial charge in [-0.15, -0.1) is 0 Å². The number of aromatic carboxylic acids is 1. The molecule has 0 atom stereocenters. The van der Waals surface area contributed by atoms with Gasteiger partial charge in [-0.25, -0.2) is 26.8 Å². The molecule has 0 heterocycles. The molecule has 0 amide bonds. The Hall–Kier alpha value is -2.63. The summed E-state index contributed by atoms with van der Waals surface area (Å²) in [6.45, 7) is 5.61. The molecule has 0 aliphatic heterocycles. The summed E-state index contributed by atoms with van der Waals surface area (Å²) in [6.07, 6.45) is 0.752. The van der Waals surface area contributed by atoms with Crippen LogP contribution in [0.5, 0.6) is 0 Å². The van der Waals surface area contributed by atoms with E-state index in [0.29, 0.717) is 23.4 Å². The van der Waals surface area contributed by atoms with Crippen molar-refractivity contribution in [2.24, 2.45) is 5.14 Å². The molecule has 2 aromatic carbocycles. The minimum absolute atomic E-state index is 0.0113. The first kappa shape index (κ1) is 22.7. The molecular formula is C18H23N3O6S2. The largest absolute Gasteiger partial charge is 0.478 e. The first-order valence-electron chi connectivity index (χ1n) is 8.65. The van der Waals surface area contributed by atoms with Crippen molar-refractivity contribution in [2.75, 3.05) is 16.6 Å². The number of nitrogens with one attached hydrogen (secondary N) is 2. The third kappa shape index (κ3) is 5.25. The van der Waals surface area contributed by atoms with Gasteiger partial charge in [-0.3, -0.25) is 4.72 Å². The van der Waals surface area contributed by atoms with Crippen LogP contribution in [0.15, 0.2) is 40.1 Å². The average molecular weight is 442 g/mol. The molecule has 0 bridgehead atoms. The van der Waals surface area contributed by atoms with Gasteiger partial charge < -0.3 is 10.4 Å². The molecule has 0 spiro atoms. The number of primary sulfonamides is 1. The number of sulfonamides is 2. The lowest BCUT2D eigenvalue weighted by atomic mass is 10.1. The van der Waals surface area contributed by atoms with Crippen LogP contribution in [0, 0.1) is 13.8 Å². The Morgan fingerprint density at radius 3 is 2.28 bits per heavy atom. The number of carbonyl (C=O) groups is 1. The van der Waals surface area contributed by atoms with E-state index < -0.39 is 26.0 Å². The monoisotopic (exact) mass is 441 g/mol. The van der Waals surface area contributed by atoms with E-state index in [1.165, 1.54) is 18.2 Å². The van der Waals surface area contributed by atoms with E-state index in [0.717, 1.165) is 18.6 Å². The van der Waals surface area contributed by atoms with E-state index in [-0.39, 0.29) is 21.0 Å². The SMILES string of the molecule is CCCNc1ccc(S(N)(=O)=O)cc1NS(=O)(=O)c1cc(C(=O)O)cc(C)c1C. The molecule has 158 valence electrons. The van der Waals surface area contributed by atoms with Crippen molar-refractivity contribution < 1.29 is 26.7 Å². The van der Waals surface area contributed by atoms with Crippen LogP contribution in [0.2, 0.25) is 0 Å². The van der Waals surface area contributed by atoms with Gasteiger partial charge in [0.1, 0.15) is 0 Å². The first-order valence-corrected chi connectivity index (χ1v) is 11.7. The van der Waals surface area contributed by atoms with Crippen LogP contribution in [0.4, 0.5) is 11.4 Å². The number of benzene rings is 2. The molecule has 29 heavy (non-hydrogen) atoms. The number of carboxylic acids is 1. The molecule has 0 fully saturated rings. The minimum atomic E-state index is -4.22. The van der Waals surface area contributed by atoms with Crippen molar-refractivity contribution in [2.45, 2.75) is 37.0 Å². The van der Waals surface area contributed by atoms with Crippen LogP contribution in [-0.2, 0) is 20.0 Å². The molecule has 0 aromatic heterocycles. The Bertz CT molecular complexity index is 1160. The highest BCUT2D eigenvalue weighted by Crippen LogP contribution is 2.29. The molecule has 2 rings (SSSR count). The molecule has 2 aromatic rings. The quantitative estimate of drug-likeness (QED) is 0.489. The molecule has 0 aliphatic carbocycles. The lowest BCUT2D eigenvalue weighted by Crippen LogP contribution is -2.18. The van der Waals surface area contributed by atoms with E-state index >= 15 is 0 Å². The normalized spacial score (nSPS) is 11.9. The van der Waals surface area contributed by atoms with E-state index in [4.69, 9.17) is 5.14 Å². The Balaban J connectivity index is 2.61. The van der Waals surface area contributed by atoms with E-state index in [2.05, 4.69) is 10.0 Å². The summed E-state index contributed by atoms with van der Waals surface area (Å²) in [5.74, 6) is -1.26. The van der Waals surface area contributed by atoms with Crippen molar-refractivity contribution in [1.29, 1.82) is 0 Å². The molecule has 0 unspecified atom stereocenters. The standard InChI is InChI=1S/C18H23N3O6S2/c1-4-7-20-15-6-5-14(28(19,24)25)10-16(15)21-29(26,27)17-9-13(18(22)23)8-11(2)12(17)3/h5-6,8-10,20-21H,4,7H2,1-3H3,(H,22,23)(H2,19,24,25). The summed E-state index contributed by atoms with van der Waals surface area (Å²) in [4.78, 5) is 10.9. The van der Waals surface area contributed by atoms with Crippen LogP contribution >= 0.6 is 0 Å². The second-order valence-electron chi connectivity index (χ2n) is 6.51. The van der Waals surface area contributed by atoms with Crippen LogP contribution in [0.3, 0.4) is 0 Å². The minimum Gasteiger partial charge on any atom is -0.478 e. The average Bonchev–Trinajstić information content (AvgIpc) is 2.61. The summed E-state index contributed by atoms with van der Waals surface area (Å²) < 4.78 is 51.8. The maximum Gasteiger partial charge on any atom is 0.335 e. The molecule has 0 saturated heterocycles. The molecule has 0 radical (unpaired) electrons. The molecular weight excluding hydrogens is 418 g/mol. The fourth-order valence-electron chi connectivity index (χ4n) is 2.63. The third-order valence-electron chi connectivity index (χ3n) is 4.29. The topological polar surface area (TPSA) is 156 Å². The highest BCUT2D eigenvalue weighted by Gasteiger charge is 2.23. The number of carboxylic acid groups (broad SMARTS) is 1. The Morgan fingerprint density at radius 2 is 1.72 bits per heavy atom. The van der Waals surface area contributed by atoms with Crippen LogP contribution in [0.25, 0.3) is 0 Å². The molecule has 5 N–H and O–H groups in total. The predicted molar refractivity (Wildman–Crippen MR) is 110 cm³/mol. The van der Waals surface area contributed by atoms with Gasteiger partial charge in [-0.2, -0.15) is 0 Å². The highest BCUT2D eigenvalue weighted by atomic mass is 32.2. The first-order chi connectivity index (χ1) is 13.4. The van der Waals surface area contributed by atoms with E-state index in [1.54, 1.807) is 13.8 Å². The number of nitrogens with two attached hydrogens (primary N) is 1. The van der Waals surface area contributed by atoms with Crippen molar-refractivity contribution in [3.8, 4) is 0 Å². The zero-order chi connectivity index (χ0) is 22.0. The van der Waals surface area contributed by atoms with Gasteiger partial charge in [0, 0.05) is 6.54 Å². The predicted octanol–water partition coefficient (Wildman–Crippen LogP) is 2.27. The zero-order valence-electron chi connectivity index (χ0n) is 16.2. The van der Waals surface area contributed by atoms with Gasteiger partial charge in [-0.1, -0.05) is 6.92 Å². The van der Waals surface area contributed by atoms with Gasteiger partial charge in [0.2, 0.25) is 10.0 Å². The van der Waals surface area contributed by atoms with Gasteiger partial charge >= 0.3 is 5.97 Å². The van der Waals surface area contributed by atoms with Gasteiger partial charge in [0.05, 0.1) is 26.7 Å². The van der Waals surface area contributed by atoms with Crippen LogP contribution in [0.1, 0.15) is 34.8 Å². The Kier molecular flexibility index (Phi) is 6.56. The lowest BCUT2D eigenvalue weighted by molar-refractivity contribution is 0.0696. The van der Waals surface area contributed by atoms with Crippen LogP contribution in [-0.4, -0.2) is 34.5 Å². The fourth-order valence-corrected chi connectivity index (χ4v) is 4.58. The lowest BCUT2D eigenvalue weighted by Gasteiger charge is -2.17. The second kappa shape index (κ2) is 8.39. The smallest absolute Gasteiger partial charge is 0.335 e. The summed E-state index contributed by atoms with van der Waals surface area (Å²) in [5.41, 5.74) is 1.06. The van der Waals surface area contributed by atoms with Crippen molar-refractivity contribution in [1.82, 2.24) is 0 Å². The van der Waals surface area contributed by atoms with E-state index in [1.807, 2.05) is 6.92 Å². The molecule has 0 aliphatic rings. The van der Waals surface area contributed by atoms with Crippen LogP contribution < -0.4 is 15.2 Å². The van der Waals surface area contributed by atoms with Gasteiger partial charge in [0.15, 0.2) is 0 Å². The Morgan fingerprint density at radius 1 is 1.07 bits per heavy atom.